The molecule has 3 aliphatic rings. The number of rotatable bonds is 32. The first-order chi connectivity index (χ1) is 31.4. The maximum atomic E-state index is 13.4. The molecule has 3 fully saturated rings. The van der Waals surface area contributed by atoms with Crippen molar-refractivity contribution in [3.05, 3.63) is 0 Å². The van der Waals surface area contributed by atoms with E-state index in [0.717, 1.165) is 96.4 Å². The van der Waals surface area contributed by atoms with Crippen molar-refractivity contribution in [1.82, 2.24) is 4.67 Å². The Bertz CT molecular complexity index is 1340. The van der Waals surface area contributed by atoms with Gasteiger partial charge < -0.3 is 19.4 Å². The van der Waals surface area contributed by atoms with Gasteiger partial charge in [0.25, 0.3) is 0 Å². The SMILES string of the molecule is CCC[C@@H]1C[C@H](OCCCCCCCCCCCCCCOP(CCC=N)N(C(C)C)C(C)C)CC[C@]1(C)[C@H]1CC[C@@]2(C)[C@@H](CC[C@@H]2[C@H](C)CCCOC(C(F)(F)F)(C(F)(F)F)C(F)(F)F)C1. The molecule has 0 radical (unpaired) electrons. The van der Waals surface area contributed by atoms with E-state index in [-0.39, 0.29) is 35.5 Å². The Kier molecular flexibility index (Phi) is 25.3. The van der Waals surface area contributed by atoms with Gasteiger partial charge in [-0.15, -0.1) is 0 Å². The summed E-state index contributed by atoms with van der Waals surface area (Å²) in [6.07, 6.45) is 9.10. The monoisotopic (exact) mass is 995 g/mol. The van der Waals surface area contributed by atoms with Gasteiger partial charge in [-0.2, -0.15) is 39.5 Å². The summed E-state index contributed by atoms with van der Waals surface area (Å²) in [7, 11) is -0.650. The summed E-state index contributed by atoms with van der Waals surface area (Å²) in [4.78, 5) is 0. The largest absolute Gasteiger partial charge is 0.435 e. The van der Waals surface area contributed by atoms with Crippen LogP contribution in [0.25, 0.3) is 0 Å². The van der Waals surface area contributed by atoms with E-state index in [9.17, 15) is 39.5 Å². The zero-order valence-corrected chi connectivity index (χ0v) is 43.6. The lowest BCUT2D eigenvalue weighted by atomic mass is 9.51. The Morgan fingerprint density at radius 1 is 0.642 bits per heavy atom. The summed E-state index contributed by atoms with van der Waals surface area (Å²) in [5.74, 6) is 1.76. The number of unbranched alkanes of at least 4 members (excludes halogenated alkanes) is 11. The van der Waals surface area contributed by atoms with Crippen molar-refractivity contribution in [2.24, 2.45) is 40.4 Å². The predicted octanol–water partition coefficient (Wildman–Crippen LogP) is 17.8. The first kappa shape index (κ1) is 60.6. The number of nitrogens with one attached hydrogen (secondary N) is 1. The third-order valence-electron chi connectivity index (χ3n) is 16.7. The minimum atomic E-state index is -6.70. The quantitative estimate of drug-likeness (QED) is 0.0316. The Hall–Kier alpha value is -0.690. The van der Waals surface area contributed by atoms with E-state index in [0.29, 0.717) is 35.9 Å². The molecule has 3 saturated carbocycles. The molecule has 1 unspecified atom stereocenters. The number of hydrogen-bond acceptors (Lipinski definition) is 5. The van der Waals surface area contributed by atoms with E-state index in [1.165, 1.54) is 76.8 Å². The fraction of sp³-hybridized carbons (Fsp3) is 0.981. The van der Waals surface area contributed by atoms with Crippen LogP contribution < -0.4 is 0 Å². The lowest BCUT2D eigenvalue weighted by Crippen LogP contribution is -2.67. The lowest BCUT2D eigenvalue weighted by molar-refractivity contribution is -0.457. The number of hydrogen-bond donors (Lipinski definition) is 1. The molecule has 0 heterocycles. The van der Waals surface area contributed by atoms with Crippen LogP contribution in [0.5, 0.6) is 0 Å². The molecular weight excluding hydrogens is 903 g/mol. The zero-order valence-electron chi connectivity index (χ0n) is 42.7. The molecule has 9 atom stereocenters. The fourth-order valence-corrected chi connectivity index (χ4v) is 15.2. The zero-order chi connectivity index (χ0) is 50.1. The number of alkyl halides is 9. The van der Waals surface area contributed by atoms with Crippen molar-refractivity contribution in [1.29, 1.82) is 5.41 Å². The summed E-state index contributed by atoms with van der Waals surface area (Å²) < 4.78 is 139. The Morgan fingerprint density at radius 3 is 1.66 bits per heavy atom. The molecule has 0 aromatic rings. The molecule has 0 bridgehead atoms. The van der Waals surface area contributed by atoms with Gasteiger partial charge >= 0.3 is 24.1 Å². The van der Waals surface area contributed by atoms with Gasteiger partial charge in [-0.05, 0) is 158 Å². The van der Waals surface area contributed by atoms with Crippen LogP contribution in [0.1, 0.15) is 216 Å². The predicted molar refractivity (Wildman–Crippen MR) is 256 cm³/mol. The highest BCUT2D eigenvalue weighted by molar-refractivity contribution is 7.50. The van der Waals surface area contributed by atoms with Crippen LogP contribution >= 0.6 is 8.30 Å². The fourth-order valence-electron chi connectivity index (χ4n) is 12.9. The summed E-state index contributed by atoms with van der Waals surface area (Å²) >= 11 is 0. The molecule has 0 aliphatic heterocycles. The van der Waals surface area contributed by atoms with Crippen LogP contribution in [0.3, 0.4) is 0 Å². The molecule has 3 aliphatic carbocycles. The number of halogens is 9. The average Bonchev–Trinajstić information content (AvgIpc) is 3.58. The van der Waals surface area contributed by atoms with Crippen LogP contribution in [0.4, 0.5) is 39.5 Å². The third kappa shape index (κ3) is 16.7. The van der Waals surface area contributed by atoms with Gasteiger partial charge in [-0.1, -0.05) is 105 Å². The molecule has 5 nitrogen and oxygen atoms in total. The third-order valence-corrected chi connectivity index (χ3v) is 19.2. The standard InChI is InChI=1S/C52H92F9N2O3P/c1-9-24-42-38-45(64-33-20-18-16-14-12-10-11-13-15-17-19-21-35-66-67(36-23-32-62)63(39(2)3)40(4)5)29-31-47(42,7)44-28-30-48(8)43(37-44)26-27-46(48)41(6)25-22-34-65-49(50(53,54)55,51(56,57)58)52(59,60)61/h32,39-46,62H,9-31,33-38H2,1-8H3/t41-,42-,43+,44+,45-,46-,47+,48+,67?/m1/s1. The number of nitrogens with zero attached hydrogens (tertiary/aromatic N) is 1. The molecule has 67 heavy (non-hydrogen) atoms. The summed E-state index contributed by atoms with van der Waals surface area (Å²) in [6, 6.07) is 0.888. The summed E-state index contributed by atoms with van der Waals surface area (Å²) in [5, 5.41) is 7.46. The van der Waals surface area contributed by atoms with Crippen molar-refractivity contribution < 1.29 is 53.5 Å². The van der Waals surface area contributed by atoms with Gasteiger partial charge in [-0.25, -0.2) is 0 Å². The van der Waals surface area contributed by atoms with Gasteiger partial charge in [0.05, 0.1) is 12.7 Å². The van der Waals surface area contributed by atoms with Crippen LogP contribution in [0.2, 0.25) is 0 Å². The second-order valence-corrected chi connectivity index (χ2v) is 23.8. The van der Waals surface area contributed by atoms with Crippen LogP contribution in [0.15, 0.2) is 0 Å². The molecule has 0 saturated heterocycles. The van der Waals surface area contributed by atoms with Crippen molar-refractivity contribution in [2.75, 3.05) is 26.0 Å². The highest BCUT2D eigenvalue weighted by Crippen LogP contribution is 2.64. The smallest absolute Gasteiger partial charge is 0.378 e. The second-order valence-electron chi connectivity index (χ2n) is 22.0. The highest BCUT2D eigenvalue weighted by atomic mass is 31.2. The Morgan fingerprint density at radius 2 is 1.15 bits per heavy atom. The first-order valence-electron chi connectivity index (χ1n) is 26.5. The van der Waals surface area contributed by atoms with Crippen molar-refractivity contribution in [2.45, 2.75) is 258 Å². The maximum absolute atomic E-state index is 13.4. The topological polar surface area (TPSA) is 54.8 Å². The molecule has 396 valence electrons. The number of fused-ring (bicyclic) bond motifs is 1. The average molecular weight is 995 g/mol. The van der Waals surface area contributed by atoms with Gasteiger partial charge in [0.2, 0.25) is 0 Å². The number of ether oxygens (including phenoxy) is 2. The van der Waals surface area contributed by atoms with Gasteiger partial charge in [0.15, 0.2) is 0 Å². The Balaban J connectivity index is 1.31. The van der Waals surface area contributed by atoms with Crippen LogP contribution in [-0.4, -0.2) is 79.2 Å². The molecular formula is C52H92F9N2O3P. The van der Waals surface area contributed by atoms with E-state index in [4.69, 9.17) is 14.7 Å². The van der Waals surface area contributed by atoms with E-state index < -0.39 is 39.0 Å². The van der Waals surface area contributed by atoms with Gasteiger partial charge in [-0.3, -0.25) is 4.67 Å². The minimum absolute atomic E-state index is 0.0183. The molecule has 1 N–H and O–H groups in total. The normalized spacial score (nSPS) is 27.6. The first-order valence-corrected chi connectivity index (χ1v) is 27.9. The highest BCUT2D eigenvalue weighted by Gasteiger charge is 2.85. The molecule has 3 rings (SSSR count). The van der Waals surface area contributed by atoms with Crippen molar-refractivity contribution >= 4 is 14.5 Å². The molecule has 0 aromatic heterocycles. The second kappa shape index (κ2) is 27.9. The maximum Gasteiger partial charge on any atom is 0.435 e. The Labute approximate surface area is 401 Å². The lowest BCUT2D eigenvalue weighted by Gasteiger charge is -2.54. The van der Waals surface area contributed by atoms with E-state index >= 15 is 0 Å². The van der Waals surface area contributed by atoms with E-state index in [2.05, 4.69) is 57.9 Å². The summed E-state index contributed by atoms with van der Waals surface area (Å²) in [6.45, 7) is 18.3. The van der Waals surface area contributed by atoms with Crippen molar-refractivity contribution in [3.63, 3.8) is 0 Å². The van der Waals surface area contributed by atoms with E-state index in [1.54, 1.807) is 0 Å². The van der Waals surface area contributed by atoms with E-state index in [1.807, 2.05) is 6.92 Å². The van der Waals surface area contributed by atoms with Crippen LogP contribution in [0, 0.1) is 45.8 Å². The van der Waals surface area contributed by atoms with Gasteiger partial charge in [0, 0.05) is 31.5 Å². The molecule has 0 amide bonds. The molecule has 0 aromatic carbocycles. The van der Waals surface area contributed by atoms with Gasteiger partial charge in [0.1, 0.15) is 8.30 Å². The van der Waals surface area contributed by atoms with Crippen LogP contribution in [-0.2, 0) is 14.0 Å². The molecule has 0 spiro atoms. The summed E-state index contributed by atoms with van der Waals surface area (Å²) in [5.41, 5.74) is -6.01. The minimum Gasteiger partial charge on any atom is -0.378 e. The van der Waals surface area contributed by atoms with Crippen molar-refractivity contribution in [3.8, 4) is 0 Å². The molecule has 15 heteroatoms.